The van der Waals surface area contributed by atoms with Crippen molar-refractivity contribution in [1.29, 1.82) is 0 Å². The number of rotatable bonds is 7. The molecule has 2 fully saturated rings. The molecule has 0 amide bonds. The van der Waals surface area contributed by atoms with Crippen molar-refractivity contribution in [3.05, 3.63) is 0 Å². The van der Waals surface area contributed by atoms with Crippen molar-refractivity contribution in [3.8, 4) is 0 Å². The predicted octanol–water partition coefficient (Wildman–Crippen LogP) is 4.17. The SMILES string of the molecule is CC(C)(C)C(CBr)CN(CC1CC1)CC1CC1. The Morgan fingerprint density at radius 3 is 1.82 bits per heavy atom. The highest BCUT2D eigenvalue weighted by Gasteiger charge is 2.32. The van der Waals surface area contributed by atoms with Gasteiger partial charge in [-0.25, -0.2) is 0 Å². The van der Waals surface area contributed by atoms with E-state index < -0.39 is 0 Å². The van der Waals surface area contributed by atoms with Crippen LogP contribution in [0, 0.1) is 23.2 Å². The van der Waals surface area contributed by atoms with Crippen LogP contribution < -0.4 is 0 Å². The van der Waals surface area contributed by atoms with E-state index in [1.165, 1.54) is 45.3 Å². The molecule has 0 aromatic carbocycles. The van der Waals surface area contributed by atoms with Gasteiger partial charge in [0, 0.05) is 25.0 Å². The second-order valence-electron chi connectivity index (χ2n) is 7.32. The third kappa shape index (κ3) is 4.90. The van der Waals surface area contributed by atoms with E-state index in [2.05, 4.69) is 41.6 Å². The van der Waals surface area contributed by atoms with Crippen molar-refractivity contribution in [2.45, 2.75) is 46.5 Å². The summed E-state index contributed by atoms with van der Waals surface area (Å²) < 4.78 is 0. The van der Waals surface area contributed by atoms with E-state index in [-0.39, 0.29) is 0 Å². The molecule has 0 aromatic rings. The largest absolute Gasteiger partial charge is 0.302 e. The summed E-state index contributed by atoms with van der Waals surface area (Å²) in [7, 11) is 0. The molecule has 1 nitrogen and oxygen atoms in total. The van der Waals surface area contributed by atoms with E-state index in [0.29, 0.717) is 5.41 Å². The van der Waals surface area contributed by atoms with Crippen molar-refractivity contribution < 1.29 is 0 Å². The van der Waals surface area contributed by atoms with Gasteiger partial charge < -0.3 is 4.90 Å². The summed E-state index contributed by atoms with van der Waals surface area (Å²) in [6.07, 6.45) is 5.93. The Bertz CT molecular complexity index is 224. The zero-order valence-corrected chi connectivity index (χ0v) is 13.3. The summed E-state index contributed by atoms with van der Waals surface area (Å²) in [5.74, 6) is 2.84. The monoisotopic (exact) mass is 301 g/mol. The van der Waals surface area contributed by atoms with E-state index >= 15 is 0 Å². The molecule has 0 spiro atoms. The van der Waals surface area contributed by atoms with Crippen molar-refractivity contribution >= 4 is 15.9 Å². The van der Waals surface area contributed by atoms with Crippen molar-refractivity contribution in [1.82, 2.24) is 4.90 Å². The summed E-state index contributed by atoms with van der Waals surface area (Å²) in [6.45, 7) is 11.2. The van der Waals surface area contributed by atoms with Gasteiger partial charge in [-0.2, -0.15) is 0 Å². The standard InChI is InChI=1S/C15H28BrN/c1-15(2,3)14(8-16)11-17(9-12-4-5-12)10-13-6-7-13/h12-14H,4-11H2,1-3H3. The molecular weight excluding hydrogens is 274 g/mol. The van der Waals surface area contributed by atoms with Crippen LogP contribution in [0.1, 0.15) is 46.5 Å². The van der Waals surface area contributed by atoms with Crippen molar-refractivity contribution in [2.75, 3.05) is 25.0 Å². The van der Waals surface area contributed by atoms with E-state index in [4.69, 9.17) is 0 Å². The Labute approximate surface area is 115 Å². The fraction of sp³-hybridized carbons (Fsp3) is 1.00. The Morgan fingerprint density at radius 2 is 1.53 bits per heavy atom. The molecule has 1 atom stereocenters. The van der Waals surface area contributed by atoms with Crippen molar-refractivity contribution in [2.24, 2.45) is 23.2 Å². The van der Waals surface area contributed by atoms with Gasteiger partial charge in [0.05, 0.1) is 0 Å². The first kappa shape index (κ1) is 13.9. The summed E-state index contributed by atoms with van der Waals surface area (Å²) in [5, 5.41) is 1.14. The molecule has 2 aliphatic rings. The second-order valence-corrected chi connectivity index (χ2v) is 7.97. The lowest BCUT2D eigenvalue weighted by molar-refractivity contribution is 0.156. The average molecular weight is 302 g/mol. The lowest BCUT2D eigenvalue weighted by Gasteiger charge is -2.34. The van der Waals surface area contributed by atoms with E-state index in [1.807, 2.05) is 0 Å². The first-order valence-electron chi connectivity index (χ1n) is 7.27. The van der Waals surface area contributed by atoms with E-state index in [9.17, 15) is 0 Å². The number of hydrogen-bond donors (Lipinski definition) is 0. The average Bonchev–Trinajstić information content (AvgIpc) is 3.06. The summed E-state index contributed by atoms with van der Waals surface area (Å²) >= 11 is 3.72. The van der Waals surface area contributed by atoms with Crippen LogP contribution in [-0.4, -0.2) is 29.9 Å². The highest BCUT2D eigenvalue weighted by atomic mass is 79.9. The number of hydrogen-bond acceptors (Lipinski definition) is 1. The van der Waals surface area contributed by atoms with Gasteiger partial charge in [-0.05, 0) is 48.9 Å². The maximum absolute atomic E-state index is 3.72. The van der Waals surface area contributed by atoms with Gasteiger partial charge in [0.1, 0.15) is 0 Å². The first-order chi connectivity index (χ1) is 7.99. The molecule has 0 N–H and O–H groups in total. The van der Waals surface area contributed by atoms with Crippen LogP contribution in [0.5, 0.6) is 0 Å². The van der Waals surface area contributed by atoms with Gasteiger partial charge in [-0.3, -0.25) is 0 Å². The minimum absolute atomic E-state index is 0.425. The van der Waals surface area contributed by atoms with E-state index in [1.54, 1.807) is 0 Å². The lowest BCUT2D eigenvalue weighted by atomic mass is 9.81. The molecule has 2 aliphatic carbocycles. The molecule has 0 saturated heterocycles. The first-order valence-corrected chi connectivity index (χ1v) is 8.39. The topological polar surface area (TPSA) is 3.24 Å². The predicted molar refractivity (Wildman–Crippen MR) is 78.6 cm³/mol. The fourth-order valence-corrected chi connectivity index (χ4v) is 3.60. The van der Waals surface area contributed by atoms with Crippen LogP contribution in [0.15, 0.2) is 0 Å². The molecule has 0 bridgehead atoms. The molecule has 2 rings (SSSR count). The third-order valence-electron chi connectivity index (χ3n) is 4.32. The Hall–Kier alpha value is 0.440. The Kier molecular flexibility index (Phi) is 4.57. The molecular formula is C15H28BrN. The van der Waals surface area contributed by atoms with E-state index in [0.717, 1.165) is 23.1 Å². The minimum Gasteiger partial charge on any atom is -0.302 e. The van der Waals surface area contributed by atoms with Crippen molar-refractivity contribution in [3.63, 3.8) is 0 Å². The highest BCUT2D eigenvalue weighted by Crippen LogP contribution is 2.35. The minimum atomic E-state index is 0.425. The van der Waals surface area contributed by atoms with Gasteiger partial charge in [0.2, 0.25) is 0 Å². The van der Waals surface area contributed by atoms with Gasteiger partial charge in [0.25, 0.3) is 0 Å². The summed E-state index contributed by atoms with van der Waals surface area (Å²) in [5.41, 5.74) is 0.425. The summed E-state index contributed by atoms with van der Waals surface area (Å²) in [4.78, 5) is 2.77. The van der Waals surface area contributed by atoms with Gasteiger partial charge in [-0.1, -0.05) is 36.7 Å². The number of halogens is 1. The van der Waals surface area contributed by atoms with Crippen LogP contribution in [0.2, 0.25) is 0 Å². The Morgan fingerprint density at radius 1 is 1.06 bits per heavy atom. The van der Waals surface area contributed by atoms with Gasteiger partial charge in [-0.15, -0.1) is 0 Å². The molecule has 2 saturated carbocycles. The Balaban J connectivity index is 1.84. The zero-order chi connectivity index (χ0) is 12.5. The summed E-state index contributed by atoms with van der Waals surface area (Å²) in [6, 6.07) is 0. The molecule has 0 aliphatic heterocycles. The molecule has 0 aromatic heterocycles. The van der Waals surface area contributed by atoms with Gasteiger partial charge >= 0.3 is 0 Å². The second kappa shape index (κ2) is 5.61. The lowest BCUT2D eigenvalue weighted by Crippen LogP contribution is -2.38. The van der Waals surface area contributed by atoms with Crippen LogP contribution in [0.4, 0.5) is 0 Å². The van der Waals surface area contributed by atoms with Gasteiger partial charge in [0.15, 0.2) is 0 Å². The molecule has 17 heavy (non-hydrogen) atoms. The normalized spacial score (nSPS) is 23.1. The maximum Gasteiger partial charge on any atom is 0.00768 e. The third-order valence-corrected chi connectivity index (χ3v) is 5.10. The fourth-order valence-electron chi connectivity index (χ4n) is 2.42. The molecule has 0 heterocycles. The van der Waals surface area contributed by atoms with Crippen LogP contribution in [0.3, 0.4) is 0 Å². The zero-order valence-electron chi connectivity index (χ0n) is 11.7. The van der Waals surface area contributed by atoms with Crippen LogP contribution in [0.25, 0.3) is 0 Å². The maximum atomic E-state index is 3.72. The molecule has 2 heteroatoms. The molecule has 100 valence electrons. The smallest absolute Gasteiger partial charge is 0.00768 e. The quantitative estimate of drug-likeness (QED) is 0.638. The number of alkyl halides is 1. The van der Waals surface area contributed by atoms with Crippen LogP contribution >= 0.6 is 15.9 Å². The molecule has 0 radical (unpaired) electrons. The highest BCUT2D eigenvalue weighted by molar-refractivity contribution is 9.09. The van der Waals surface area contributed by atoms with Crippen LogP contribution in [-0.2, 0) is 0 Å². The number of nitrogens with zero attached hydrogens (tertiary/aromatic N) is 1. The molecule has 1 unspecified atom stereocenters.